The zero-order chi connectivity index (χ0) is 26.2. The lowest BCUT2D eigenvalue weighted by Gasteiger charge is -2.37. The van der Waals surface area contributed by atoms with Crippen molar-refractivity contribution in [1.82, 2.24) is 13.5 Å². The second-order valence-corrected chi connectivity index (χ2v) is 14.8. The summed E-state index contributed by atoms with van der Waals surface area (Å²) in [6, 6.07) is 15.5. The molecule has 3 atom stereocenters. The standard InChI is InChI=1S/C19H10N11O2P4/c20-11-28-33(13-22)27-35(15-24,16-25)30(31-18-7-3-1-4-8-18)36(17-26,29(12-21)34(28)14-23)32-19-9-5-2-6-10-19/h1-10H/q+1. The molecule has 0 aliphatic carbocycles. The molecule has 1 aliphatic heterocycles. The highest BCUT2D eigenvalue weighted by Crippen LogP contribution is 2.84. The molecular weight excluding hydrogens is 538 g/mol. The first-order valence-electron chi connectivity index (χ1n) is 9.33. The maximum absolute atomic E-state index is 10.5. The van der Waals surface area contributed by atoms with Crippen LogP contribution in [0, 0.1) is 78.3 Å². The van der Waals surface area contributed by atoms with E-state index in [0.717, 1.165) is 0 Å². The van der Waals surface area contributed by atoms with Crippen molar-refractivity contribution in [3.8, 4) is 52.9 Å². The largest absolute Gasteiger partial charge is 0.520 e. The quantitative estimate of drug-likeness (QED) is 0.326. The molecule has 3 unspecified atom stereocenters. The van der Waals surface area contributed by atoms with Gasteiger partial charge in [-0.25, -0.2) is 4.44 Å². The van der Waals surface area contributed by atoms with E-state index >= 15 is 0 Å². The van der Waals surface area contributed by atoms with Gasteiger partial charge in [-0.15, -0.1) is 5.26 Å². The molecule has 0 spiro atoms. The van der Waals surface area contributed by atoms with Gasteiger partial charge in [-0.2, -0.15) is 36.1 Å². The van der Waals surface area contributed by atoms with E-state index in [0.29, 0.717) is 13.5 Å². The summed E-state index contributed by atoms with van der Waals surface area (Å²) in [6.07, 6.45) is 3.40. The second kappa shape index (κ2) is 11.3. The summed E-state index contributed by atoms with van der Waals surface area (Å²) < 4.78 is 12.1. The molecule has 36 heavy (non-hydrogen) atoms. The Morgan fingerprint density at radius 2 is 1.36 bits per heavy atom. The van der Waals surface area contributed by atoms with Gasteiger partial charge < -0.3 is 4.84 Å². The second-order valence-electron chi connectivity index (χ2n) is 6.15. The monoisotopic (exact) mass is 548 g/mol. The molecule has 0 aromatic heterocycles. The normalized spacial score (nSPS) is 22.6. The van der Waals surface area contributed by atoms with Crippen LogP contribution in [-0.4, -0.2) is 13.5 Å². The summed E-state index contributed by atoms with van der Waals surface area (Å²) in [5.74, 6) is 9.08. The van der Waals surface area contributed by atoms with Gasteiger partial charge in [-0.1, -0.05) is 40.8 Å². The van der Waals surface area contributed by atoms with E-state index in [1.54, 1.807) is 72.0 Å². The van der Waals surface area contributed by atoms with E-state index in [2.05, 4.69) is 4.52 Å². The first kappa shape index (κ1) is 26.2. The minimum atomic E-state index is -4.45. The van der Waals surface area contributed by atoms with E-state index in [1.807, 2.05) is 5.81 Å². The van der Waals surface area contributed by atoms with Gasteiger partial charge in [0.05, 0.1) is 0 Å². The van der Waals surface area contributed by atoms with Gasteiger partial charge in [-0.3, -0.25) is 4.52 Å². The zero-order valence-electron chi connectivity index (χ0n) is 17.8. The average molecular weight is 548 g/mol. The summed E-state index contributed by atoms with van der Waals surface area (Å²) in [5, 5.41) is 70.6. The Hall–Kier alpha value is -4.45. The van der Waals surface area contributed by atoms with Gasteiger partial charge in [0, 0.05) is 0 Å². The average Bonchev–Trinajstić information content (AvgIpc) is 2.93. The van der Waals surface area contributed by atoms with Crippen LogP contribution in [-0.2, 0) is 0 Å². The maximum Gasteiger partial charge on any atom is 0.520 e. The Morgan fingerprint density at radius 1 is 0.778 bits per heavy atom. The number of para-hydroxylation sites is 2. The number of hydrogen-bond donors (Lipinski definition) is 0. The Balaban J connectivity index is 2.49. The maximum atomic E-state index is 10.5. The predicted octanol–water partition coefficient (Wildman–Crippen LogP) is 5.85. The van der Waals surface area contributed by atoms with Crippen LogP contribution in [0.2, 0.25) is 0 Å². The third-order valence-corrected chi connectivity index (χ3v) is 14.3. The number of benzene rings is 2. The molecule has 1 heterocycles. The van der Waals surface area contributed by atoms with Crippen molar-refractivity contribution in [2.45, 2.75) is 0 Å². The molecule has 2 aromatic rings. The molecule has 0 fully saturated rings. The van der Waals surface area contributed by atoms with E-state index < -0.39 is 31.4 Å². The molecule has 172 valence electrons. The third kappa shape index (κ3) is 4.58. The molecule has 2 aromatic carbocycles. The SMILES string of the molecule is N#CN1P(C#N)N=P(C#N)(C#N)N(Oc2ccccc2)[P+](C#N)(Oc2ccccc2)N(C#N)P1C#N. The number of rotatable bonds is 4. The van der Waals surface area contributed by atoms with Crippen LogP contribution in [0.25, 0.3) is 0 Å². The molecule has 0 N–H and O–H groups in total. The van der Waals surface area contributed by atoms with Crippen molar-refractivity contribution in [3.63, 3.8) is 0 Å². The van der Waals surface area contributed by atoms with Crippen LogP contribution in [0.3, 0.4) is 0 Å². The van der Waals surface area contributed by atoms with Crippen LogP contribution in [0.15, 0.2) is 65.2 Å². The van der Waals surface area contributed by atoms with Crippen LogP contribution >= 0.6 is 31.4 Å². The lowest BCUT2D eigenvalue weighted by molar-refractivity contribution is 0.122. The molecule has 0 saturated carbocycles. The first-order valence-corrected chi connectivity index (χ1v) is 15.1. The number of hydrogen-bond acceptors (Lipinski definition) is 13. The fraction of sp³-hybridized carbons (Fsp3) is 0. The van der Waals surface area contributed by atoms with E-state index in [1.165, 1.54) is 24.3 Å². The van der Waals surface area contributed by atoms with Crippen molar-refractivity contribution < 1.29 is 9.36 Å². The van der Waals surface area contributed by atoms with Crippen molar-refractivity contribution >= 4 is 31.4 Å². The summed E-state index contributed by atoms with van der Waals surface area (Å²) in [6.45, 7) is 0. The highest BCUT2D eigenvalue weighted by molar-refractivity contribution is 7.94. The van der Waals surface area contributed by atoms with Gasteiger partial charge in [0.2, 0.25) is 14.4 Å². The van der Waals surface area contributed by atoms with E-state index in [4.69, 9.17) is 9.36 Å². The first-order chi connectivity index (χ1) is 17.5. The van der Waals surface area contributed by atoms with Gasteiger partial charge >= 0.3 is 20.8 Å². The molecule has 0 radical (unpaired) electrons. The molecule has 3 rings (SSSR count). The Labute approximate surface area is 209 Å². The number of nitrogens with zero attached hydrogens (tertiary/aromatic N) is 11. The van der Waals surface area contributed by atoms with Crippen LogP contribution < -0.4 is 9.36 Å². The van der Waals surface area contributed by atoms with Gasteiger partial charge in [0.25, 0.3) is 8.22 Å². The van der Waals surface area contributed by atoms with Crippen LogP contribution in [0.4, 0.5) is 0 Å². The summed E-state index contributed by atoms with van der Waals surface area (Å²) in [5.41, 5.74) is 0. The molecule has 0 saturated heterocycles. The van der Waals surface area contributed by atoms with Crippen molar-refractivity contribution in [2.24, 2.45) is 4.52 Å². The van der Waals surface area contributed by atoms with Crippen molar-refractivity contribution in [1.29, 1.82) is 36.8 Å². The Morgan fingerprint density at radius 3 is 1.81 bits per heavy atom. The lowest BCUT2D eigenvalue weighted by atomic mass is 10.3. The molecule has 0 bridgehead atoms. The molecular formula is C19H10N11O2P4+. The molecule has 1 aliphatic rings. The third-order valence-electron chi connectivity index (χ3n) is 4.16. The topological polar surface area (TPSA) is 207 Å². The van der Waals surface area contributed by atoms with Crippen LogP contribution in [0.5, 0.6) is 11.5 Å². The van der Waals surface area contributed by atoms with E-state index in [9.17, 15) is 36.8 Å². The smallest absolute Gasteiger partial charge is 0.362 e. The lowest BCUT2D eigenvalue weighted by Crippen LogP contribution is -2.36. The fourth-order valence-corrected chi connectivity index (χ4v) is 13.0. The number of nitriles is 7. The summed E-state index contributed by atoms with van der Waals surface area (Å²) in [4.78, 5) is 5.91. The minimum Gasteiger partial charge on any atom is -0.362 e. The van der Waals surface area contributed by atoms with Crippen molar-refractivity contribution in [2.75, 3.05) is 0 Å². The van der Waals surface area contributed by atoms with E-state index in [-0.39, 0.29) is 11.5 Å². The highest BCUT2D eigenvalue weighted by atomic mass is 31.3. The van der Waals surface area contributed by atoms with Gasteiger partial charge in [0.15, 0.2) is 17.7 Å². The van der Waals surface area contributed by atoms with Gasteiger partial charge in [-0.05, 0) is 24.3 Å². The van der Waals surface area contributed by atoms with Gasteiger partial charge in [0.1, 0.15) is 27.8 Å². The fourth-order valence-electron chi connectivity index (χ4n) is 2.68. The van der Waals surface area contributed by atoms with Crippen molar-refractivity contribution in [3.05, 3.63) is 60.7 Å². The summed E-state index contributed by atoms with van der Waals surface area (Å²) in [7, 11) is -14.1. The molecule has 0 amide bonds. The highest BCUT2D eigenvalue weighted by Gasteiger charge is 2.71. The van der Waals surface area contributed by atoms with Crippen LogP contribution in [0.1, 0.15) is 0 Å². The Kier molecular flexibility index (Phi) is 8.22. The zero-order valence-corrected chi connectivity index (χ0v) is 21.4. The minimum absolute atomic E-state index is 0.0581. The molecule has 13 nitrogen and oxygen atoms in total. The summed E-state index contributed by atoms with van der Waals surface area (Å²) >= 11 is 0. The molecule has 17 heteroatoms. The Bertz CT molecular complexity index is 1470. The predicted molar refractivity (Wildman–Crippen MR) is 129 cm³/mol.